The summed E-state index contributed by atoms with van der Waals surface area (Å²) in [7, 11) is 0. The number of aliphatic carboxylic acids is 1. The van der Waals surface area contributed by atoms with E-state index >= 15 is 0 Å². The minimum Gasteiger partial charge on any atom is -0.481 e. The van der Waals surface area contributed by atoms with E-state index in [0.717, 1.165) is 17.7 Å². The van der Waals surface area contributed by atoms with Crippen LogP contribution in [0.2, 0.25) is 0 Å². The topological polar surface area (TPSA) is 91.3 Å². The third-order valence-corrected chi connectivity index (χ3v) is 2.93. The Morgan fingerprint density at radius 1 is 1.45 bits per heavy atom. The van der Waals surface area contributed by atoms with Gasteiger partial charge < -0.3 is 15.7 Å². The zero-order chi connectivity index (χ0) is 15.0. The minimum atomic E-state index is -0.913. The summed E-state index contributed by atoms with van der Waals surface area (Å²) < 4.78 is 0. The molecule has 0 aliphatic carbocycles. The van der Waals surface area contributed by atoms with Crippen molar-refractivity contribution in [1.82, 2.24) is 15.6 Å². The number of carbonyl (C=O) groups is 2. The molecule has 2 amide bonds. The van der Waals surface area contributed by atoms with Gasteiger partial charge in [-0.1, -0.05) is 19.4 Å². The number of hydrogen-bond acceptors (Lipinski definition) is 3. The van der Waals surface area contributed by atoms with Gasteiger partial charge in [0.1, 0.15) is 0 Å². The Kier molecular flexibility index (Phi) is 6.49. The normalized spacial score (nSPS) is 11.7. The van der Waals surface area contributed by atoms with E-state index in [4.69, 9.17) is 5.11 Å². The van der Waals surface area contributed by atoms with Gasteiger partial charge in [-0.15, -0.1) is 0 Å². The number of rotatable bonds is 7. The average molecular weight is 279 g/mol. The predicted octanol–water partition coefficient (Wildman–Crippen LogP) is 1.83. The van der Waals surface area contributed by atoms with Crippen molar-refractivity contribution in [2.45, 2.75) is 45.7 Å². The molecule has 3 N–H and O–H groups in total. The molecule has 1 unspecified atom stereocenters. The molecule has 1 aromatic rings. The first-order valence-corrected chi connectivity index (χ1v) is 6.69. The number of nitrogens with zero attached hydrogens (tertiary/aromatic N) is 1. The molecule has 0 fully saturated rings. The maximum atomic E-state index is 11.8. The van der Waals surface area contributed by atoms with Crippen molar-refractivity contribution < 1.29 is 14.7 Å². The number of carboxylic acids is 1. The maximum absolute atomic E-state index is 11.8. The molecule has 6 heteroatoms. The van der Waals surface area contributed by atoms with Gasteiger partial charge in [0.05, 0.1) is 18.7 Å². The fraction of sp³-hybridized carbons (Fsp3) is 0.500. The van der Waals surface area contributed by atoms with Crippen molar-refractivity contribution in [3.05, 3.63) is 29.6 Å². The first-order chi connectivity index (χ1) is 9.52. The van der Waals surface area contributed by atoms with E-state index in [2.05, 4.69) is 15.6 Å². The number of urea groups is 1. The summed E-state index contributed by atoms with van der Waals surface area (Å²) in [4.78, 5) is 26.6. The van der Waals surface area contributed by atoms with Crippen LogP contribution in [-0.2, 0) is 11.3 Å². The highest BCUT2D eigenvalue weighted by Gasteiger charge is 2.15. The van der Waals surface area contributed by atoms with E-state index in [1.165, 1.54) is 0 Å². The van der Waals surface area contributed by atoms with Crippen LogP contribution in [0.3, 0.4) is 0 Å². The Hall–Kier alpha value is -2.11. The van der Waals surface area contributed by atoms with Crippen LogP contribution in [0.25, 0.3) is 0 Å². The molecule has 0 spiro atoms. The lowest BCUT2D eigenvalue weighted by Crippen LogP contribution is -2.42. The van der Waals surface area contributed by atoms with E-state index in [1.807, 2.05) is 26.0 Å². The van der Waals surface area contributed by atoms with Gasteiger partial charge in [-0.25, -0.2) is 4.79 Å². The van der Waals surface area contributed by atoms with Gasteiger partial charge in [-0.2, -0.15) is 0 Å². The number of nitrogens with one attached hydrogen (secondary N) is 2. The van der Waals surface area contributed by atoms with Gasteiger partial charge in [-0.05, 0) is 25.0 Å². The maximum Gasteiger partial charge on any atom is 0.315 e. The second kappa shape index (κ2) is 8.14. The number of carboxylic acid groups (broad SMARTS) is 1. The predicted molar refractivity (Wildman–Crippen MR) is 75.3 cm³/mol. The number of amides is 2. The van der Waals surface area contributed by atoms with E-state index in [0.29, 0.717) is 13.0 Å². The van der Waals surface area contributed by atoms with Gasteiger partial charge in [-0.3, -0.25) is 9.78 Å². The van der Waals surface area contributed by atoms with Crippen LogP contribution in [0, 0.1) is 6.92 Å². The third kappa shape index (κ3) is 5.69. The van der Waals surface area contributed by atoms with Crippen molar-refractivity contribution >= 4 is 12.0 Å². The third-order valence-electron chi connectivity index (χ3n) is 2.93. The Bertz CT molecular complexity index is 463. The highest BCUT2D eigenvalue weighted by atomic mass is 16.4. The lowest BCUT2D eigenvalue weighted by Gasteiger charge is -2.16. The molecule has 20 heavy (non-hydrogen) atoms. The Labute approximate surface area is 118 Å². The molecule has 1 atom stereocenters. The van der Waals surface area contributed by atoms with Gasteiger partial charge in [0.15, 0.2) is 0 Å². The summed E-state index contributed by atoms with van der Waals surface area (Å²) in [6.07, 6.45) is 3.07. The fourth-order valence-electron chi connectivity index (χ4n) is 1.89. The zero-order valence-corrected chi connectivity index (χ0v) is 11.8. The first kappa shape index (κ1) is 15.9. The molecule has 0 aliphatic heterocycles. The summed E-state index contributed by atoms with van der Waals surface area (Å²) in [6, 6.07) is 3.05. The first-order valence-electron chi connectivity index (χ1n) is 6.69. The second-order valence-electron chi connectivity index (χ2n) is 4.68. The molecule has 1 aromatic heterocycles. The summed E-state index contributed by atoms with van der Waals surface area (Å²) in [5, 5.41) is 14.2. The largest absolute Gasteiger partial charge is 0.481 e. The highest BCUT2D eigenvalue weighted by Crippen LogP contribution is 2.03. The summed E-state index contributed by atoms with van der Waals surface area (Å²) in [5.74, 6) is -0.913. The highest BCUT2D eigenvalue weighted by molar-refractivity contribution is 5.75. The fourth-order valence-corrected chi connectivity index (χ4v) is 1.89. The SMILES string of the molecule is CCCC(CC(=O)O)NC(=O)NCc1ncccc1C. The van der Waals surface area contributed by atoms with Gasteiger partial charge in [0.2, 0.25) is 0 Å². The molecule has 1 rings (SSSR count). The lowest BCUT2D eigenvalue weighted by atomic mass is 10.1. The molecular weight excluding hydrogens is 258 g/mol. The monoisotopic (exact) mass is 279 g/mol. The Morgan fingerprint density at radius 3 is 2.80 bits per heavy atom. The molecule has 110 valence electrons. The number of aromatic nitrogens is 1. The lowest BCUT2D eigenvalue weighted by molar-refractivity contribution is -0.137. The molecule has 0 aromatic carbocycles. The van der Waals surface area contributed by atoms with E-state index < -0.39 is 5.97 Å². The number of carbonyl (C=O) groups excluding carboxylic acids is 1. The summed E-state index contributed by atoms with van der Waals surface area (Å²) in [5.41, 5.74) is 1.80. The van der Waals surface area contributed by atoms with Crippen LogP contribution >= 0.6 is 0 Å². The molecule has 6 nitrogen and oxygen atoms in total. The molecule has 1 heterocycles. The molecule has 0 saturated carbocycles. The van der Waals surface area contributed by atoms with Gasteiger partial charge in [0.25, 0.3) is 0 Å². The second-order valence-corrected chi connectivity index (χ2v) is 4.68. The van der Waals surface area contributed by atoms with Crippen molar-refractivity contribution in [2.24, 2.45) is 0 Å². The van der Waals surface area contributed by atoms with Gasteiger partial charge >= 0.3 is 12.0 Å². The smallest absolute Gasteiger partial charge is 0.315 e. The average Bonchev–Trinajstić information content (AvgIpc) is 2.37. The molecule has 0 saturated heterocycles. The number of aryl methyl sites for hydroxylation is 1. The number of pyridine rings is 1. The van der Waals surface area contributed by atoms with E-state index in [1.54, 1.807) is 6.20 Å². The zero-order valence-electron chi connectivity index (χ0n) is 11.8. The Morgan fingerprint density at radius 2 is 2.20 bits per heavy atom. The van der Waals surface area contributed by atoms with Gasteiger partial charge in [0, 0.05) is 12.2 Å². The molecular formula is C14H21N3O3. The summed E-state index contributed by atoms with van der Waals surface area (Å²) >= 11 is 0. The van der Waals surface area contributed by atoms with E-state index in [-0.39, 0.29) is 18.5 Å². The van der Waals surface area contributed by atoms with Crippen molar-refractivity contribution in [3.63, 3.8) is 0 Å². The quantitative estimate of drug-likeness (QED) is 0.710. The van der Waals surface area contributed by atoms with Crippen molar-refractivity contribution in [1.29, 1.82) is 0 Å². The molecule has 0 aliphatic rings. The van der Waals surface area contributed by atoms with Crippen molar-refractivity contribution in [2.75, 3.05) is 0 Å². The molecule has 0 bridgehead atoms. The van der Waals surface area contributed by atoms with Crippen LogP contribution in [0.4, 0.5) is 4.79 Å². The van der Waals surface area contributed by atoms with Crippen LogP contribution in [-0.4, -0.2) is 28.1 Å². The van der Waals surface area contributed by atoms with Crippen LogP contribution in [0.1, 0.15) is 37.4 Å². The van der Waals surface area contributed by atoms with Crippen LogP contribution in [0.15, 0.2) is 18.3 Å². The van der Waals surface area contributed by atoms with Crippen LogP contribution in [0.5, 0.6) is 0 Å². The van der Waals surface area contributed by atoms with Crippen molar-refractivity contribution in [3.8, 4) is 0 Å². The Balaban J connectivity index is 2.45. The summed E-state index contributed by atoms with van der Waals surface area (Å²) in [6.45, 7) is 4.20. The van der Waals surface area contributed by atoms with Crippen LogP contribution < -0.4 is 10.6 Å². The minimum absolute atomic E-state index is 0.0656. The van der Waals surface area contributed by atoms with E-state index in [9.17, 15) is 9.59 Å². The number of hydrogen-bond donors (Lipinski definition) is 3. The molecule has 0 radical (unpaired) electrons. The standard InChI is InChI=1S/C14H21N3O3/c1-3-5-11(8-13(18)19)17-14(20)16-9-12-10(2)6-4-7-15-12/h4,6-7,11H,3,5,8-9H2,1-2H3,(H,18,19)(H2,16,17,20).